The standard InChI is InChI=1S/C50H53NO11/c1-2-3-4-5-6-7-8-9-10-11-12-13-14-15-36-58-42-32-34-46(35-33-42)62-50(55)40-22-30-45(31-23-40)61-49(54)39-20-28-44(29-21-39)60-48(53)38-18-26-43(27-19-38)59-47(52)37-16-24-41(25-17-37)51(56)57/h16-35H,2-15,36H2,1H3. The first-order valence-electron chi connectivity index (χ1n) is 21.3. The maximum atomic E-state index is 12.8. The highest BCUT2D eigenvalue weighted by Crippen LogP contribution is 2.23. The molecular weight excluding hydrogens is 791 g/mol. The molecule has 324 valence electrons. The predicted molar refractivity (Wildman–Crippen MR) is 235 cm³/mol. The summed E-state index contributed by atoms with van der Waals surface area (Å²) >= 11 is 0. The van der Waals surface area contributed by atoms with Gasteiger partial charge in [-0.1, -0.05) is 90.4 Å². The molecule has 12 nitrogen and oxygen atoms in total. The van der Waals surface area contributed by atoms with Crippen LogP contribution < -0.4 is 23.7 Å². The van der Waals surface area contributed by atoms with Gasteiger partial charge in [0.05, 0.1) is 33.8 Å². The predicted octanol–water partition coefficient (Wildman–Crippen LogP) is 12.3. The molecule has 5 aromatic rings. The number of hydrogen-bond donors (Lipinski definition) is 0. The van der Waals surface area contributed by atoms with Crippen molar-refractivity contribution in [1.29, 1.82) is 0 Å². The van der Waals surface area contributed by atoms with Crippen molar-refractivity contribution in [3.8, 4) is 28.7 Å². The average Bonchev–Trinajstić information content (AvgIpc) is 3.29. The van der Waals surface area contributed by atoms with Crippen molar-refractivity contribution in [2.45, 2.75) is 96.8 Å². The van der Waals surface area contributed by atoms with Crippen molar-refractivity contribution < 1.29 is 47.8 Å². The molecule has 0 bridgehead atoms. The van der Waals surface area contributed by atoms with Gasteiger partial charge in [0.15, 0.2) is 0 Å². The Morgan fingerprint density at radius 3 is 0.952 bits per heavy atom. The number of carbonyl (C=O) groups is 4. The van der Waals surface area contributed by atoms with E-state index in [1.54, 1.807) is 24.3 Å². The smallest absolute Gasteiger partial charge is 0.343 e. The Labute approximate surface area is 362 Å². The SMILES string of the molecule is CCCCCCCCCCCCCCCCOc1ccc(OC(=O)c2ccc(OC(=O)c3ccc(OC(=O)c4ccc(OC(=O)c5ccc([N+](=O)[O-])cc5)cc4)cc3)cc2)cc1. The molecule has 0 saturated heterocycles. The highest BCUT2D eigenvalue weighted by molar-refractivity contribution is 5.94. The molecule has 5 aromatic carbocycles. The van der Waals surface area contributed by atoms with E-state index in [0.29, 0.717) is 12.4 Å². The Bertz CT molecular complexity index is 2180. The van der Waals surface area contributed by atoms with Gasteiger partial charge in [0.25, 0.3) is 5.69 Å². The molecule has 0 N–H and O–H groups in total. The lowest BCUT2D eigenvalue weighted by molar-refractivity contribution is -0.384. The summed E-state index contributed by atoms with van der Waals surface area (Å²) in [6.07, 6.45) is 18.3. The van der Waals surface area contributed by atoms with Gasteiger partial charge in [0.1, 0.15) is 28.7 Å². The van der Waals surface area contributed by atoms with Crippen molar-refractivity contribution in [1.82, 2.24) is 0 Å². The van der Waals surface area contributed by atoms with E-state index in [0.717, 1.165) is 18.6 Å². The second-order valence-electron chi connectivity index (χ2n) is 14.9. The number of non-ortho nitro benzene ring substituents is 1. The second-order valence-corrected chi connectivity index (χ2v) is 14.9. The number of benzene rings is 5. The largest absolute Gasteiger partial charge is 0.494 e. The van der Waals surface area contributed by atoms with Crippen LogP contribution in [0, 0.1) is 10.1 Å². The van der Waals surface area contributed by atoms with Crippen LogP contribution in [-0.4, -0.2) is 35.4 Å². The van der Waals surface area contributed by atoms with Crippen molar-refractivity contribution in [2.75, 3.05) is 6.61 Å². The maximum absolute atomic E-state index is 12.8. The first kappa shape index (κ1) is 46.2. The van der Waals surface area contributed by atoms with Crippen LogP contribution in [0.4, 0.5) is 5.69 Å². The number of esters is 4. The van der Waals surface area contributed by atoms with Gasteiger partial charge in [0, 0.05) is 12.1 Å². The van der Waals surface area contributed by atoms with Crippen molar-refractivity contribution in [3.63, 3.8) is 0 Å². The second kappa shape index (κ2) is 25.1. The fourth-order valence-electron chi connectivity index (χ4n) is 6.45. The molecular formula is C50H53NO11. The Kier molecular flexibility index (Phi) is 18.7. The number of nitrogens with zero attached hydrogens (tertiary/aromatic N) is 1. The minimum absolute atomic E-state index is 0.121. The van der Waals surface area contributed by atoms with Crippen LogP contribution in [0.2, 0.25) is 0 Å². The summed E-state index contributed by atoms with van der Waals surface area (Å²) in [6.45, 7) is 2.91. The van der Waals surface area contributed by atoms with Gasteiger partial charge in [-0.3, -0.25) is 10.1 Å². The van der Waals surface area contributed by atoms with Crippen LogP contribution in [-0.2, 0) is 0 Å². The van der Waals surface area contributed by atoms with Crippen LogP contribution >= 0.6 is 0 Å². The molecule has 0 saturated carbocycles. The van der Waals surface area contributed by atoms with E-state index in [-0.39, 0.29) is 45.2 Å². The third-order valence-corrected chi connectivity index (χ3v) is 10.0. The summed E-state index contributed by atoms with van der Waals surface area (Å²) in [5.41, 5.74) is 0.599. The van der Waals surface area contributed by atoms with Gasteiger partial charge in [-0.2, -0.15) is 0 Å². The zero-order chi connectivity index (χ0) is 43.9. The van der Waals surface area contributed by atoms with E-state index in [1.807, 2.05) is 0 Å². The zero-order valence-electron chi connectivity index (χ0n) is 35.1. The third kappa shape index (κ3) is 15.7. The normalized spacial score (nSPS) is 10.7. The van der Waals surface area contributed by atoms with Crippen LogP contribution in [0.25, 0.3) is 0 Å². The first-order chi connectivity index (χ1) is 30.2. The topological polar surface area (TPSA) is 158 Å². The summed E-state index contributed by atoms with van der Waals surface area (Å²) in [6, 6.07) is 29.3. The highest BCUT2D eigenvalue weighted by atomic mass is 16.6. The molecule has 12 heteroatoms. The molecule has 0 aliphatic carbocycles. The molecule has 0 unspecified atom stereocenters. The Morgan fingerprint density at radius 2 is 0.645 bits per heavy atom. The maximum Gasteiger partial charge on any atom is 0.343 e. The number of carbonyl (C=O) groups excluding carboxylic acids is 4. The quantitative estimate of drug-likeness (QED) is 0.0181. The molecule has 0 fully saturated rings. The minimum Gasteiger partial charge on any atom is -0.494 e. The molecule has 0 aliphatic rings. The zero-order valence-corrected chi connectivity index (χ0v) is 35.1. The van der Waals surface area contributed by atoms with E-state index in [1.165, 1.54) is 174 Å². The molecule has 0 atom stereocenters. The first-order valence-corrected chi connectivity index (χ1v) is 21.3. The molecule has 0 spiro atoms. The molecule has 0 heterocycles. The van der Waals surface area contributed by atoms with Gasteiger partial charge in [-0.15, -0.1) is 0 Å². The van der Waals surface area contributed by atoms with Gasteiger partial charge >= 0.3 is 23.9 Å². The summed E-state index contributed by atoms with van der Waals surface area (Å²) in [5, 5.41) is 10.8. The van der Waals surface area contributed by atoms with Gasteiger partial charge in [-0.25, -0.2) is 19.2 Å². The number of hydrogen-bond acceptors (Lipinski definition) is 11. The van der Waals surface area contributed by atoms with E-state index in [9.17, 15) is 29.3 Å². The van der Waals surface area contributed by atoms with Crippen LogP contribution in [0.5, 0.6) is 28.7 Å². The number of ether oxygens (including phenoxy) is 5. The van der Waals surface area contributed by atoms with Gasteiger partial charge < -0.3 is 23.7 Å². The summed E-state index contributed by atoms with van der Waals surface area (Å²) in [7, 11) is 0. The van der Waals surface area contributed by atoms with Crippen LogP contribution in [0.1, 0.15) is 138 Å². The molecule has 5 rings (SSSR count). The monoisotopic (exact) mass is 843 g/mol. The molecule has 0 amide bonds. The third-order valence-electron chi connectivity index (χ3n) is 10.0. The molecule has 0 aliphatic heterocycles. The summed E-state index contributed by atoms with van der Waals surface area (Å²) in [4.78, 5) is 60.9. The van der Waals surface area contributed by atoms with Crippen LogP contribution in [0.3, 0.4) is 0 Å². The van der Waals surface area contributed by atoms with Crippen molar-refractivity contribution in [3.05, 3.63) is 154 Å². The molecule has 0 aromatic heterocycles. The fraction of sp³-hybridized carbons (Fsp3) is 0.320. The van der Waals surface area contributed by atoms with Crippen molar-refractivity contribution in [2.24, 2.45) is 0 Å². The lowest BCUT2D eigenvalue weighted by atomic mass is 10.0. The van der Waals surface area contributed by atoms with Crippen molar-refractivity contribution >= 4 is 29.6 Å². The number of nitro benzene ring substituents is 1. The highest BCUT2D eigenvalue weighted by Gasteiger charge is 2.16. The van der Waals surface area contributed by atoms with Crippen LogP contribution in [0.15, 0.2) is 121 Å². The lowest BCUT2D eigenvalue weighted by Crippen LogP contribution is -2.11. The fourth-order valence-corrected chi connectivity index (χ4v) is 6.45. The average molecular weight is 844 g/mol. The lowest BCUT2D eigenvalue weighted by Gasteiger charge is -2.09. The van der Waals surface area contributed by atoms with E-state index >= 15 is 0 Å². The summed E-state index contributed by atoms with van der Waals surface area (Å²) in [5.74, 6) is -1.01. The Balaban J connectivity index is 0.958. The van der Waals surface area contributed by atoms with E-state index in [4.69, 9.17) is 23.7 Å². The van der Waals surface area contributed by atoms with E-state index in [2.05, 4.69) is 6.92 Å². The molecule has 0 radical (unpaired) electrons. The minimum atomic E-state index is -0.723. The summed E-state index contributed by atoms with van der Waals surface area (Å²) < 4.78 is 27.5. The number of unbranched alkanes of at least 4 members (excludes halogenated alkanes) is 13. The Morgan fingerprint density at radius 1 is 0.387 bits per heavy atom. The Hall–Kier alpha value is -6.82. The van der Waals surface area contributed by atoms with E-state index < -0.39 is 28.8 Å². The molecule has 62 heavy (non-hydrogen) atoms. The number of rotatable bonds is 25. The van der Waals surface area contributed by atoms with Gasteiger partial charge in [0.2, 0.25) is 0 Å². The number of nitro groups is 1. The van der Waals surface area contributed by atoms with Gasteiger partial charge in [-0.05, 0) is 116 Å².